The zero-order valence-electron chi connectivity index (χ0n) is 20.2. The summed E-state index contributed by atoms with van der Waals surface area (Å²) in [7, 11) is -1.87. The summed E-state index contributed by atoms with van der Waals surface area (Å²) in [5.41, 5.74) is 0. The van der Waals surface area contributed by atoms with E-state index in [4.69, 9.17) is 4.74 Å². The van der Waals surface area contributed by atoms with Crippen LogP contribution >= 0.6 is 0 Å². The van der Waals surface area contributed by atoms with Crippen molar-refractivity contribution in [2.24, 2.45) is 0 Å². The van der Waals surface area contributed by atoms with E-state index in [1.165, 1.54) is 57.8 Å². The molecule has 0 amide bonds. The maximum Gasteiger partial charge on any atom is 0.217 e. The number of aliphatic hydroxyl groups is 3. The molecule has 0 heterocycles. The van der Waals surface area contributed by atoms with Crippen molar-refractivity contribution < 1.29 is 41.7 Å². The lowest BCUT2D eigenvalue weighted by Crippen LogP contribution is -2.60. The second kappa shape index (κ2) is 19.2. The first-order valence-corrected chi connectivity index (χ1v) is 12.7. The molecule has 31 heavy (non-hydrogen) atoms. The van der Waals surface area contributed by atoms with Gasteiger partial charge < -0.3 is 24.6 Å². The number of hydrogen-bond acceptors (Lipinski definition) is 8. The number of nitrogens with zero attached hydrogens (tertiary/aromatic N) is 1. The summed E-state index contributed by atoms with van der Waals surface area (Å²) in [5.74, 6) is 0. The minimum absolute atomic E-state index is 0.00276. The van der Waals surface area contributed by atoms with Crippen molar-refractivity contribution in [2.75, 3.05) is 33.9 Å². The van der Waals surface area contributed by atoms with E-state index in [0.717, 1.165) is 13.5 Å². The Balaban J connectivity index is 0. The van der Waals surface area contributed by atoms with Gasteiger partial charge in [0.2, 0.25) is 10.4 Å². The Hall–Kier alpha value is -0.330. The summed E-state index contributed by atoms with van der Waals surface area (Å²) in [6.07, 6.45) is 10.8. The Labute approximate surface area is 189 Å². The fraction of sp³-hybridized carbons (Fsp3) is 1.00. The summed E-state index contributed by atoms with van der Waals surface area (Å²) in [4.78, 5) is 0. The second-order valence-corrected chi connectivity index (χ2v) is 9.43. The topological polar surface area (TPSA) is 136 Å². The zero-order valence-corrected chi connectivity index (χ0v) is 21.0. The monoisotopic (exact) mass is 473 g/mol. The highest BCUT2D eigenvalue weighted by molar-refractivity contribution is 7.80. The first-order chi connectivity index (χ1) is 14.4. The standard InChI is InChI=1S/C20H44NO4.CH4O4S/c1-5-6-7-8-9-10-11-12-13-14-15-25-17-20(24)16-21(4,18(2)22)19(3)23;1-5-6(2,3)4/h18-20,22-24H,5-17H2,1-4H3;1H3,(H,2,3,4)/q+1;/p-1. The number of hydrogen-bond donors (Lipinski definition) is 3. The van der Waals surface area contributed by atoms with Crippen LogP contribution in [0.2, 0.25) is 0 Å². The molecule has 9 nitrogen and oxygen atoms in total. The molecule has 0 aromatic rings. The van der Waals surface area contributed by atoms with Crippen LogP contribution in [0.3, 0.4) is 0 Å². The third kappa shape index (κ3) is 20.0. The Bertz CT molecular complexity index is 492. The van der Waals surface area contributed by atoms with Crippen molar-refractivity contribution >= 4 is 10.4 Å². The molecule has 0 saturated heterocycles. The van der Waals surface area contributed by atoms with Gasteiger partial charge in [-0.3, -0.25) is 8.67 Å². The van der Waals surface area contributed by atoms with Crippen LogP contribution < -0.4 is 0 Å². The van der Waals surface area contributed by atoms with Crippen molar-refractivity contribution in [2.45, 2.75) is 104 Å². The molecule has 0 bridgehead atoms. The predicted octanol–water partition coefficient (Wildman–Crippen LogP) is 2.50. The fourth-order valence-corrected chi connectivity index (χ4v) is 3.04. The largest absolute Gasteiger partial charge is 0.726 e. The maximum atomic E-state index is 10.1. The first-order valence-electron chi connectivity index (χ1n) is 11.4. The third-order valence-corrected chi connectivity index (χ3v) is 5.88. The molecule has 190 valence electrons. The van der Waals surface area contributed by atoms with Crippen LogP contribution in [0.5, 0.6) is 0 Å². The smallest absolute Gasteiger partial charge is 0.217 e. The van der Waals surface area contributed by atoms with Gasteiger partial charge in [-0.2, -0.15) is 0 Å². The number of aliphatic hydroxyl groups excluding tert-OH is 3. The molecular formula is C21H47NO8S. The molecule has 3 N–H and O–H groups in total. The number of quaternary nitrogens is 1. The van der Waals surface area contributed by atoms with E-state index in [0.29, 0.717) is 6.61 Å². The molecule has 0 fully saturated rings. The number of ether oxygens (including phenoxy) is 1. The summed E-state index contributed by atoms with van der Waals surface area (Å²) < 4.78 is 36.6. The van der Waals surface area contributed by atoms with Crippen LogP contribution in [0.15, 0.2) is 0 Å². The molecule has 0 aliphatic heterocycles. The van der Waals surface area contributed by atoms with Gasteiger partial charge in [-0.15, -0.1) is 0 Å². The van der Waals surface area contributed by atoms with Gasteiger partial charge in [0.15, 0.2) is 12.5 Å². The number of likely N-dealkylation sites (N-methyl/N-ethyl adjacent to an activating group) is 1. The first kappa shape index (κ1) is 32.8. The van der Waals surface area contributed by atoms with Gasteiger partial charge in [-0.1, -0.05) is 64.7 Å². The molecular weight excluding hydrogens is 426 g/mol. The second-order valence-electron chi connectivity index (χ2n) is 8.28. The molecule has 0 aromatic heterocycles. The van der Waals surface area contributed by atoms with Crippen molar-refractivity contribution in [1.82, 2.24) is 0 Å². The van der Waals surface area contributed by atoms with Gasteiger partial charge in [0.25, 0.3) is 0 Å². The SMILES string of the molecule is CCCCCCCCCCCCOCC(O)C[N+](C)(C(C)O)C(C)O.COS(=O)(=O)[O-]. The zero-order chi connectivity index (χ0) is 24.3. The molecule has 0 spiro atoms. The Kier molecular flexibility index (Phi) is 20.3. The maximum absolute atomic E-state index is 10.1. The van der Waals surface area contributed by atoms with Crippen LogP contribution in [0.25, 0.3) is 0 Å². The lowest BCUT2D eigenvalue weighted by Gasteiger charge is -2.40. The lowest BCUT2D eigenvalue weighted by atomic mass is 10.1. The predicted molar refractivity (Wildman–Crippen MR) is 120 cm³/mol. The van der Waals surface area contributed by atoms with Crippen molar-refractivity contribution in [1.29, 1.82) is 0 Å². The van der Waals surface area contributed by atoms with E-state index in [9.17, 15) is 28.3 Å². The molecule has 10 heteroatoms. The molecule has 0 aliphatic rings. The van der Waals surface area contributed by atoms with Gasteiger partial charge in [0, 0.05) is 20.5 Å². The Morgan fingerprint density at radius 3 is 1.61 bits per heavy atom. The van der Waals surface area contributed by atoms with Gasteiger partial charge in [-0.05, 0) is 6.42 Å². The van der Waals surface area contributed by atoms with Crippen LogP contribution in [-0.4, -0.2) is 85.2 Å². The summed E-state index contributed by atoms with van der Waals surface area (Å²) in [6, 6.07) is 0. The van der Waals surface area contributed by atoms with Gasteiger partial charge in [0.05, 0.1) is 20.8 Å². The van der Waals surface area contributed by atoms with E-state index in [2.05, 4.69) is 11.1 Å². The average molecular weight is 474 g/mol. The van der Waals surface area contributed by atoms with Gasteiger partial charge in [0.1, 0.15) is 12.6 Å². The van der Waals surface area contributed by atoms with Crippen molar-refractivity contribution in [3.05, 3.63) is 0 Å². The van der Waals surface area contributed by atoms with E-state index in [1.54, 1.807) is 20.9 Å². The summed E-state index contributed by atoms with van der Waals surface area (Å²) >= 11 is 0. The number of rotatable bonds is 18. The van der Waals surface area contributed by atoms with Crippen molar-refractivity contribution in [3.8, 4) is 0 Å². The third-order valence-electron chi connectivity index (χ3n) is 5.47. The van der Waals surface area contributed by atoms with Gasteiger partial charge in [-0.25, -0.2) is 8.42 Å². The minimum atomic E-state index is -4.41. The van der Waals surface area contributed by atoms with Crippen LogP contribution in [0, 0.1) is 0 Å². The normalized spacial score (nSPS) is 16.7. The molecule has 0 aliphatic carbocycles. The molecule has 3 unspecified atom stereocenters. The van der Waals surface area contributed by atoms with E-state index in [-0.39, 0.29) is 17.6 Å². The Morgan fingerprint density at radius 2 is 1.26 bits per heavy atom. The highest BCUT2D eigenvalue weighted by Gasteiger charge is 2.35. The van der Waals surface area contributed by atoms with Crippen LogP contribution in [0.4, 0.5) is 0 Å². The number of unbranched alkanes of at least 4 members (excludes halogenated alkanes) is 9. The van der Waals surface area contributed by atoms with Crippen LogP contribution in [0.1, 0.15) is 85.0 Å². The fourth-order valence-electron chi connectivity index (χ4n) is 3.04. The quantitative estimate of drug-likeness (QED) is 0.0908. The van der Waals surface area contributed by atoms with E-state index < -0.39 is 29.0 Å². The average Bonchev–Trinajstić information content (AvgIpc) is 2.68. The van der Waals surface area contributed by atoms with Gasteiger partial charge >= 0.3 is 0 Å². The van der Waals surface area contributed by atoms with Crippen molar-refractivity contribution in [3.63, 3.8) is 0 Å². The lowest BCUT2D eigenvalue weighted by molar-refractivity contribution is -0.992. The molecule has 0 aromatic carbocycles. The van der Waals surface area contributed by atoms with Crippen LogP contribution in [-0.2, 0) is 19.3 Å². The molecule has 0 radical (unpaired) electrons. The molecule has 0 rings (SSSR count). The summed E-state index contributed by atoms with van der Waals surface area (Å²) in [5, 5.41) is 29.7. The highest BCUT2D eigenvalue weighted by atomic mass is 32.3. The Morgan fingerprint density at radius 1 is 0.871 bits per heavy atom. The highest BCUT2D eigenvalue weighted by Crippen LogP contribution is 2.14. The van der Waals surface area contributed by atoms with E-state index in [1.807, 2.05) is 0 Å². The minimum Gasteiger partial charge on any atom is -0.726 e. The molecule has 3 atom stereocenters. The summed E-state index contributed by atoms with van der Waals surface area (Å²) in [6.45, 7) is 6.70. The molecule has 0 saturated carbocycles. The van der Waals surface area contributed by atoms with E-state index >= 15 is 0 Å².